The van der Waals surface area contributed by atoms with Gasteiger partial charge in [-0.3, -0.25) is 24.5 Å². The van der Waals surface area contributed by atoms with Crippen LogP contribution in [0.15, 0.2) is 165 Å². The van der Waals surface area contributed by atoms with Crippen LogP contribution in [0.5, 0.6) is 0 Å². The van der Waals surface area contributed by atoms with Crippen LogP contribution in [0.4, 0.5) is 17.1 Å². The number of benzene rings is 5. The number of furan rings is 1. The Morgan fingerprint density at radius 1 is 0.731 bits per heavy atom. The van der Waals surface area contributed by atoms with Gasteiger partial charge in [-0.1, -0.05) is 76.6 Å². The zero-order valence-electron chi connectivity index (χ0n) is 27.2. The Hall–Kier alpha value is -6.24. The average Bonchev–Trinajstić information content (AvgIpc) is 3.64. The second-order valence-electron chi connectivity index (χ2n) is 11.3. The van der Waals surface area contributed by atoms with Gasteiger partial charge in [-0.2, -0.15) is 0 Å². The standard InChI is InChI=1S/C40H29BrN4O6S/c41-29-13-11-26(12-14-29)36-24-21-33(51-36)25-35(44-38(46)28-9-5-2-6-10-28)39(47)42-31-17-22-34(23-18-31)52-37(27-7-3-1-4-8-27)40(48)43-30-15-19-32(20-16-30)45(49)50/h1-25,37H,(H,42,47)(H,43,48)(H,44,46). The quantitative estimate of drug-likeness (QED) is 0.0487. The van der Waals surface area contributed by atoms with Crippen molar-refractivity contribution in [2.75, 3.05) is 10.6 Å². The zero-order valence-corrected chi connectivity index (χ0v) is 29.6. The first kappa shape index (κ1) is 35.6. The molecular formula is C40H29BrN4O6S. The molecule has 258 valence electrons. The predicted molar refractivity (Wildman–Crippen MR) is 206 cm³/mol. The minimum Gasteiger partial charge on any atom is -0.457 e. The van der Waals surface area contributed by atoms with E-state index in [1.807, 2.05) is 54.6 Å². The Labute approximate surface area is 311 Å². The first-order chi connectivity index (χ1) is 25.2. The zero-order chi connectivity index (χ0) is 36.5. The number of nitrogens with one attached hydrogen (secondary N) is 3. The van der Waals surface area contributed by atoms with Crippen molar-refractivity contribution in [2.24, 2.45) is 0 Å². The van der Waals surface area contributed by atoms with Crippen LogP contribution >= 0.6 is 27.7 Å². The van der Waals surface area contributed by atoms with E-state index < -0.39 is 22.0 Å². The highest BCUT2D eigenvalue weighted by atomic mass is 79.9. The Morgan fingerprint density at radius 3 is 2.00 bits per heavy atom. The maximum atomic E-state index is 13.6. The van der Waals surface area contributed by atoms with Gasteiger partial charge in [-0.15, -0.1) is 11.8 Å². The van der Waals surface area contributed by atoms with Gasteiger partial charge in [-0.05, 0) is 78.4 Å². The van der Waals surface area contributed by atoms with Crippen molar-refractivity contribution >= 4 is 68.6 Å². The second kappa shape index (κ2) is 16.6. The Morgan fingerprint density at radius 2 is 1.35 bits per heavy atom. The van der Waals surface area contributed by atoms with Gasteiger partial charge in [0.05, 0.1) is 4.92 Å². The molecule has 0 radical (unpaired) electrons. The number of nitro groups is 1. The molecule has 1 heterocycles. The molecule has 0 bridgehead atoms. The third kappa shape index (κ3) is 9.30. The molecule has 0 aliphatic carbocycles. The molecule has 0 saturated heterocycles. The number of thioether (sulfide) groups is 1. The van der Waals surface area contributed by atoms with Crippen molar-refractivity contribution in [3.63, 3.8) is 0 Å². The monoisotopic (exact) mass is 772 g/mol. The average molecular weight is 774 g/mol. The maximum absolute atomic E-state index is 13.6. The predicted octanol–water partition coefficient (Wildman–Crippen LogP) is 9.50. The first-order valence-electron chi connectivity index (χ1n) is 15.8. The van der Waals surface area contributed by atoms with Gasteiger partial charge in [-0.25, -0.2) is 0 Å². The molecule has 0 saturated carbocycles. The van der Waals surface area contributed by atoms with E-state index in [9.17, 15) is 24.5 Å². The van der Waals surface area contributed by atoms with Crippen molar-refractivity contribution in [1.82, 2.24) is 5.32 Å². The Balaban J connectivity index is 1.19. The molecule has 3 N–H and O–H groups in total. The van der Waals surface area contributed by atoms with E-state index in [2.05, 4.69) is 31.9 Å². The van der Waals surface area contributed by atoms with E-state index in [4.69, 9.17) is 4.42 Å². The molecule has 0 fully saturated rings. The molecule has 0 spiro atoms. The number of carbonyl (C=O) groups is 3. The van der Waals surface area contributed by atoms with Crippen molar-refractivity contribution in [3.05, 3.63) is 183 Å². The van der Waals surface area contributed by atoms with Crippen LogP contribution < -0.4 is 16.0 Å². The summed E-state index contributed by atoms with van der Waals surface area (Å²) in [4.78, 5) is 51.5. The second-order valence-corrected chi connectivity index (χ2v) is 13.4. The fourth-order valence-electron chi connectivity index (χ4n) is 5.01. The number of nitrogens with zero attached hydrogens (tertiary/aromatic N) is 1. The van der Waals surface area contributed by atoms with Crippen molar-refractivity contribution in [1.29, 1.82) is 0 Å². The molecule has 12 heteroatoms. The Kier molecular flexibility index (Phi) is 11.4. The smallest absolute Gasteiger partial charge is 0.272 e. The molecule has 1 aromatic heterocycles. The molecule has 6 aromatic rings. The fourth-order valence-corrected chi connectivity index (χ4v) is 6.30. The number of anilines is 2. The van der Waals surface area contributed by atoms with E-state index in [-0.39, 0.29) is 17.3 Å². The number of non-ortho nitro benzene ring substituents is 1. The molecular weight excluding hydrogens is 744 g/mol. The highest BCUT2D eigenvalue weighted by molar-refractivity contribution is 9.10. The molecule has 52 heavy (non-hydrogen) atoms. The molecule has 10 nitrogen and oxygen atoms in total. The summed E-state index contributed by atoms with van der Waals surface area (Å²) < 4.78 is 6.93. The van der Waals surface area contributed by atoms with Crippen LogP contribution in [-0.2, 0) is 9.59 Å². The lowest BCUT2D eigenvalue weighted by atomic mass is 10.1. The summed E-state index contributed by atoms with van der Waals surface area (Å²) in [6, 6.07) is 41.5. The number of nitro benzene ring substituents is 1. The molecule has 3 amide bonds. The molecule has 1 unspecified atom stereocenters. The van der Waals surface area contributed by atoms with Gasteiger partial charge in [0.1, 0.15) is 22.5 Å². The lowest BCUT2D eigenvalue weighted by Crippen LogP contribution is -2.30. The summed E-state index contributed by atoms with van der Waals surface area (Å²) in [5.41, 5.74) is 2.76. The summed E-state index contributed by atoms with van der Waals surface area (Å²) in [7, 11) is 0. The topological polar surface area (TPSA) is 144 Å². The lowest BCUT2D eigenvalue weighted by Gasteiger charge is -2.17. The molecule has 5 aromatic carbocycles. The van der Waals surface area contributed by atoms with Crippen LogP contribution in [0.2, 0.25) is 0 Å². The minimum absolute atomic E-state index is 0.0314. The van der Waals surface area contributed by atoms with E-state index in [0.29, 0.717) is 28.5 Å². The molecule has 6 rings (SSSR count). The van der Waals surface area contributed by atoms with Gasteiger partial charge in [0.2, 0.25) is 5.91 Å². The summed E-state index contributed by atoms with van der Waals surface area (Å²) in [6.45, 7) is 0. The van der Waals surface area contributed by atoms with Crippen molar-refractivity contribution < 1.29 is 23.7 Å². The summed E-state index contributed by atoms with van der Waals surface area (Å²) in [5.74, 6) is -0.394. The third-order valence-corrected chi connectivity index (χ3v) is 9.42. The van der Waals surface area contributed by atoms with Crippen LogP contribution in [-0.4, -0.2) is 22.6 Å². The fraction of sp³-hybridized carbons (Fsp3) is 0.0250. The number of amides is 3. The molecule has 1 atom stereocenters. The number of hydrogen-bond donors (Lipinski definition) is 3. The van der Waals surface area contributed by atoms with Crippen molar-refractivity contribution in [3.8, 4) is 11.3 Å². The third-order valence-electron chi connectivity index (χ3n) is 7.62. The van der Waals surface area contributed by atoms with Crippen molar-refractivity contribution in [2.45, 2.75) is 10.1 Å². The number of hydrogen-bond acceptors (Lipinski definition) is 7. The lowest BCUT2D eigenvalue weighted by molar-refractivity contribution is -0.384. The first-order valence-corrected chi connectivity index (χ1v) is 17.5. The summed E-state index contributed by atoms with van der Waals surface area (Å²) in [5, 5.41) is 18.8. The highest BCUT2D eigenvalue weighted by Crippen LogP contribution is 2.37. The Bertz CT molecular complexity index is 2230. The van der Waals surface area contributed by atoms with E-state index >= 15 is 0 Å². The number of carbonyl (C=O) groups excluding carboxylic acids is 3. The summed E-state index contributed by atoms with van der Waals surface area (Å²) >= 11 is 4.73. The minimum atomic E-state index is -0.657. The molecule has 0 aliphatic heterocycles. The SMILES string of the molecule is O=C(Nc1ccc(SC(C(=O)Nc2ccc([N+](=O)[O-])cc2)c2ccccc2)cc1)C(=Cc1ccc(-c2ccc(Br)cc2)o1)NC(=O)c1ccccc1. The highest BCUT2D eigenvalue weighted by Gasteiger charge is 2.23. The van der Waals surface area contributed by atoms with Gasteiger partial charge in [0.15, 0.2) is 0 Å². The van der Waals surface area contributed by atoms with Crippen LogP contribution in [0.3, 0.4) is 0 Å². The van der Waals surface area contributed by atoms with E-state index in [1.165, 1.54) is 42.1 Å². The van der Waals surface area contributed by atoms with Gasteiger partial charge in [0, 0.05) is 50.1 Å². The number of rotatable bonds is 12. The number of halogens is 1. The van der Waals surface area contributed by atoms with Crippen LogP contribution in [0, 0.1) is 10.1 Å². The largest absolute Gasteiger partial charge is 0.457 e. The normalized spacial score (nSPS) is 11.7. The van der Waals surface area contributed by atoms with Crippen LogP contribution in [0.25, 0.3) is 17.4 Å². The van der Waals surface area contributed by atoms with Gasteiger partial charge in [0.25, 0.3) is 17.5 Å². The van der Waals surface area contributed by atoms with Gasteiger partial charge >= 0.3 is 0 Å². The van der Waals surface area contributed by atoms with Gasteiger partial charge < -0.3 is 20.4 Å². The van der Waals surface area contributed by atoms with E-state index in [0.717, 1.165) is 20.5 Å². The summed E-state index contributed by atoms with van der Waals surface area (Å²) in [6.07, 6.45) is 1.47. The maximum Gasteiger partial charge on any atom is 0.272 e. The van der Waals surface area contributed by atoms with E-state index in [1.54, 1.807) is 66.7 Å². The molecule has 0 aliphatic rings. The van der Waals surface area contributed by atoms with Crippen LogP contribution in [0.1, 0.15) is 26.9 Å².